The Hall–Kier alpha value is -6.32. The quantitative estimate of drug-likeness (QED) is 0.182. The first-order valence-electron chi connectivity index (χ1n) is 12.8. The molecular weight excluding hydrogens is 580 g/mol. The molecule has 9 heterocycles. The maximum Gasteiger partial charge on any atom is 0.213 e. The average molecular weight is 590 g/mol. The molecule has 0 aromatic carbocycles. The van der Waals surface area contributed by atoms with Crippen LogP contribution in [0, 0.1) is 23.8 Å². The van der Waals surface area contributed by atoms with Gasteiger partial charge in [0.1, 0.15) is 22.6 Å². The first kappa shape index (κ1) is 24.3. The Morgan fingerprint density at radius 2 is 0.705 bits per heavy atom. The molecule has 0 atom stereocenters. The summed E-state index contributed by atoms with van der Waals surface area (Å²) in [5.41, 5.74) is 1.96. The van der Waals surface area contributed by atoms with E-state index in [0.717, 1.165) is 12.1 Å². The van der Waals surface area contributed by atoms with Crippen LogP contribution in [0.15, 0.2) is 49.1 Å². The number of nitrogens with one attached hydrogen (secondary N) is 2. The summed E-state index contributed by atoms with van der Waals surface area (Å²) < 4.78 is 57.4. The third-order valence-corrected chi connectivity index (χ3v) is 7.23. The smallest absolute Gasteiger partial charge is 0.213 e. The van der Waals surface area contributed by atoms with Crippen molar-refractivity contribution in [3.63, 3.8) is 0 Å². The fraction of sp³-hybridized carbons (Fsp3) is 0. The molecule has 0 fully saturated rings. The molecule has 0 amide bonds. The number of rotatable bonds is 0. The van der Waals surface area contributed by atoms with E-state index in [1.54, 1.807) is 0 Å². The first-order chi connectivity index (χ1) is 21.4. The lowest BCUT2D eigenvalue weighted by Crippen LogP contribution is -1.88. The summed E-state index contributed by atoms with van der Waals surface area (Å²) in [6.07, 6.45) is 5.07. The molecule has 2 aliphatic rings. The molecule has 0 saturated heterocycles. The zero-order valence-electron chi connectivity index (χ0n) is 21.6. The minimum atomic E-state index is -0.774. The molecule has 44 heavy (non-hydrogen) atoms. The van der Waals surface area contributed by atoms with Gasteiger partial charge in [0.25, 0.3) is 0 Å². The van der Waals surface area contributed by atoms with Gasteiger partial charge in [-0.3, -0.25) is 0 Å². The van der Waals surface area contributed by atoms with Crippen LogP contribution in [-0.2, 0) is 0 Å². The Bertz CT molecular complexity index is 2400. The highest BCUT2D eigenvalue weighted by Crippen LogP contribution is 2.36. The van der Waals surface area contributed by atoms with Gasteiger partial charge in [-0.2, -0.15) is 17.6 Å². The minimum absolute atomic E-state index is 0.0682. The van der Waals surface area contributed by atoms with Crippen LogP contribution in [0.1, 0.15) is 0 Å². The van der Waals surface area contributed by atoms with Crippen LogP contribution >= 0.6 is 0 Å². The summed E-state index contributed by atoms with van der Waals surface area (Å²) >= 11 is 0. The van der Waals surface area contributed by atoms with E-state index in [1.165, 1.54) is 36.9 Å². The maximum atomic E-state index is 14.3. The summed E-state index contributed by atoms with van der Waals surface area (Å²) in [4.78, 5) is 48.7. The Balaban J connectivity index is 1.51. The zero-order chi connectivity index (χ0) is 29.7. The topological polar surface area (TPSA) is 160 Å². The number of nitrogens with zero attached hydrogens (tertiary/aromatic N) is 10. The van der Waals surface area contributed by atoms with E-state index in [1.807, 2.05) is 0 Å². The van der Waals surface area contributed by atoms with Crippen molar-refractivity contribution < 1.29 is 17.6 Å². The van der Waals surface area contributed by atoms with Gasteiger partial charge in [0.05, 0.1) is 0 Å². The Morgan fingerprint density at radius 3 is 1.14 bits per heavy atom. The molecule has 0 radical (unpaired) electrons. The van der Waals surface area contributed by atoms with Crippen LogP contribution in [-0.4, -0.2) is 59.8 Å². The number of aromatic amines is 2. The van der Waals surface area contributed by atoms with E-state index in [9.17, 15) is 17.6 Å². The first-order valence-corrected chi connectivity index (χ1v) is 12.8. The van der Waals surface area contributed by atoms with E-state index in [2.05, 4.69) is 59.8 Å². The zero-order valence-corrected chi connectivity index (χ0v) is 21.6. The predicted octanol–water partition coefficient (Wildman–Crippen LogP) is 5.01. The normalized spacial score (nSPS) is 12.1. The number of fused-ring (bicyclic) bond motifs is 20. The standard InChI is InChI=1S/C28H10F4N12/c29-17-1-9-13(5-33-17)25-37-21(9)41-26-14-6-34-18(30)2-10(14)23(38-26)43-28-16-8-36-20(32)4-12(16)24(40-28)44-27-15-7-35-19(31)3-11(15)22(39-27)42-25/h1-8H,(H2,37,38,39,40,41,42,43,44). The van der Waals surface area contributed by atoms with E-state index in [4.69, 9.17) is 0 Å². The Labute approximate surface area is 240 Å². The highest BCUT2D eigenvalue weighted by Gasteiger charge is 2.24. The summed E-state index contributed by atoms with van der Waals surface area (Å²) in [7, 11) is 0. The number of hydrogen-bond donors (Lipinski definition) is 2. The molecule has 210 valence electrons. The second-order valence-electron chi connectivity index (χ2n) is 9.82. The van der Waals surface area contributed by atoms with E-state index in [0.29, 0.717) is 32.7 Å². The summed E-state index contributed by atoms with van der Waals surface area (Å²) in [6.45, 7) is 0. The van der Waals surface area contributed by atoms with E-state index < -0.39 is 23.8 Å². The van der Waals surface area contributed by atoms with Gasteiger partial charge < -0.3 is 9.97 Å². The lowest BCUT2D eigenvalue weighted by Gasteiger charge is -1.97. The predicted molar refractivity (Wildman–Crippen MR) is 147 cm³/mol. The van der Waals surface area contributed by atoms with Crippen LogP contribution in [0.2, 0.25) is 0 Å². The van der Waals surface area contributed by atoms with Crippen molar-refractivity contribution in [2.45, 2.75) is 0 Å². The number of pyridine rings is 4. The van der Waals surface area contributed by atoms with Crippen LogP contribution in [0.4, 0.5) is 17.6 Å². The van der Waals surface area contributed by atoms with Gasteiger partial charge in [0.2, 0.25) is 23.8 Å². The molecule has 2 N–H and O–H groups in total. The van der Waals surface area contributed by atoms with E-state index in [-0.39, 0.29) is 57.0 Å². The fourth-order valence-electron chi connectivity index (χ4n) is 5.27. The van der Waals surface area contributed by atoms with Gasteiger partial charge in [-0.05, 0) is 0 Å². The third-order valence-electron chi connectivity index (χ3n) is 7.23. The molecule has 2 aliphatic heterocycles. The average Bonchev–Trinajstić information content (AvgIpc) is 3.71. The van der Waals surface area contributed by atoms with Gasteiger partial charge in [-0.1, -0.05) is 0 Å². The molecule has 7 aromatic rings. The van der Waals surface area contributed by atoms with Gasteiger partial charge in [0.15, 0.2) is 23.3 Å². The molecule has 16 heteroatoms. The maximum absolute atomic E-state index is 14.3. The van der Waals surface area contributed by atoms with Crippen LogP contribution in [0.3, 0.4) is 0 Å². The molecule has 0 unspecified atom stereocenters. The third kappa shape index (κ3) is 3.57. The summed E-state index contributed by atoms with van der Waals surface area (Å²) in [6, 6.07) is 4.66. The number of halogens is 4. The van der Waals surface area contributed by atoms with Crippen molar-refractivity contribution in [2.24, 2.45) is 0 Å². The number of H-pyrrole nitrogens is 2. The molecule has 9 rings (SSSR count). The summed E-state index contributed by atoms with van der Waals surface area (Å²) in [5.74, 6) is -2.75. The van der Waals surface area contributed by atoms with Gasteiger partial charge >= 0.3 is 0 Å². The highest BCUT2D eigenvalue weighted by atomic mass is 19.1. The molecule has 7 aromatic heterocycles. The minimum Gasteiger partial charge on any atom is -0.324 e. The van der Waals surface area contributed by atoms with Crippen molar-refractivity contribution in [2.75, 3.05) is 0 Å². The van der Waals surface area contributed by atoms with Crippen molar-refractivity contribution in [3.05, 3.63) is 72.8 Å². The second-order valence-corrected chi connectivity index (χ2v) is 9.82. The summed E-state index contributed by atoms with van der Waals surface area (Å²) in [5, 5.41) is 1.38. The molecule has 12 nitrogen and oxygen atoms in total. The van der Waals surface area contributed by atoms with Crippen molar-refractivity contribution in [1.82, 2.24) is 59.8 Å². The van der Waals surface area contributed by atoms with Crippen LogP contribution in [0.5, 0.6) is 0 Å². The van der Waals surface area contributed by atoms with Gasteiger partial charge in [-0.15, -0.1) is 0 Å². The second kappa shape index (κ2) is 8.60. The highest BCUT2D eigenvalue weighted by molar-refractivity contribution is 6.05. The van der Waals surface area contributed by atoms with Crippen molar-refractivity contribution in [1.29, 1.82) is 0 Å². The molecule has 0 aliphatic carbocycles. The largest absolute Gasteiger partial charge is 0.324 e. The number of aromatic nitrogens is 12. The molecular formula is C28H10F4N12. The van der Waals surface area contributed by atoms with Gasteiger partial charge in [-0.25, -0.2) is 49.8 Å². The van der Waals surface area contributed by atoms with Crippen LogP contribution < -0.4 is 0 Å². The Kier molecular flexibility index (Phi) is 4.75. The van der Waals surface area contributed by atoms with Gasteiger partial charge in [0, 0.05) is 92.9 Å². The van der Waals surface area contributed by atoms with Crippen LogP contribution in [0.25, 0.3) is 89.7 Å². The van der Waals surface area contributed by atoms with Crippen molar-refractivity contribution in [3.8, 4) is 45.6 Å². The molecule has 8 bridgehead atoms. The fourth-order valence-corrected chi connectivity index (χ4v) is 5.27. The number of hydrogen-bond acceptors (Lipinski definition) is 10. The molecule has 0 saturated carbocycles. The molecule has 0 spiro atoms. The SMILES string of the molecule is Fc1cc2c(cn1)-c1nc-2nc2[nH]c(nc3nc(nc4[nH]c(n1)c1cc(F)ncc41)-c1cc(F)ncc1-3)c1cc(F)ncc21. The lowest BCUT2D eigenvalue weighted by molar-refractivity contribution is 0.584. The monoisotopic (exact) mass is 590 g/mol. The Morgan fingerprint density at radius 1 is 0.364 bits per heavy atom. The van der Waals surface area contributed by atoms with E-state index >= 15 is 0 Å². The van der Waals surface area contributed by atoms with Crippen molar-refractivity contribution >= 4 is 44.1 Å². The lowest BCUT2D eigenvalue weighted by atomic mass is 10.1.